The fraction of sp³-hybridized carbons (Fsp3) is 0.750. The maximum absolute atomic E-state index is 6.25. The SMILES string of the molecule is [C-]#N.[CH3][Sn+]([CH3])[CH3]. The molecule has 0 rings (SSSR count). The molecule has 0 aromatic rings. The molecule has 0 aromatic heterocycles. The van der Waals surface area contributed by atoms with E-state index in [0.717, 1.165) is 0 Å². The maximum atomic E-state index is 6.25. The molecule has 0 N–H and O–H groups in total. The average molecular weight is 190 g/mol. The van der Waals surface area contributed by atoms with Gasteiger partial charge in [-0.3, -0.25) is 0 Å². The molecular weight excluding hydrogens is 181 g/mol. The first kappa shape index (κ1) is 9.56. The standard InChI is InChI=1S/CN.3CH3.Sn/c1-2;;;;/h;3*1H3;/q-1;;;;+1. The first-order valence-electron chi connectivity index (χ1n) is 1.72. The van der Waals surface area contributed by atoms with Crippen molar-refractivity contribution < 1.29 is 0 Å². The van der Waals surface area contributed by atoms with Crippen molar-refractivity contribution in [1.29, 1.82) is 5.26 Å². The van der Waals surface area contributed by atoms with Crippen LogP contribution in [0.3, 0.4) is 0 Å². The van der Waals surface area contributed by atoms with Crippen LogP contribution in [-0.4, -0.2) is 19.8 Å². The average Bonchev–Trinajstić information content (AvgIpc) is 1.41. The first-order chi connectivity index (χ1) is 2.73. The Labute approximate surface area is 46.7 Å². The van der Waals surface area contributed by atoms with Gasteiger partial charge in [-0.05, 0) is 0 Å². The van der Waals surface area contributed by atoms with Crippen molar-refractivity contribution in [1.82, 2.24) is 0 Å². The molecule has 0 spiro atoms. The van der Waals surface area contributed by atoms with Gasteiger partial charge in [-0.2, -0.15) is 0 Å². The van der Waals surface area contributed by atoms with Crippen LogP contribution in [-0.2, 0) is 0 Å². The Bertz CT molecular complexity index is 29.0. The Morgan fingerprint density at radius 2 is 1.17 bits per heavy atom. The van der Waals surface area contributed by atoms with Gasteiger partial charge in [0.25, 0.3) is 0 Å². The van der Waals surface area contributed by atoms with E-state index in [9.17, 15) is 0 Å². The normalized spacial score (nSPS) is 4.83. The third-order valence-electron chi connectivity index (χ3n) is 0. The van der Waals surface area contributed by atoms with Crippen molar-refractivity contribution in [2.24, 2.45) is 0 Å². The summed E-state index contributed by atoms with van der Waals surface area (Å²) >= 11 is -0.543. The van der Waals surface area contributed by atoms with Gasteiger partial charge < -0.3 is 11.8 Å². The third-order valence-corrected chi connectivity index (χ3v) is 0. The van der Waals surface area contributed by atoms with E-state index < -0.39 is 19.8 Å². The molecule has 0 atom stereocenters. The van der Waals surface area contributed by atoms with Gasteiger partial charge in [0, 0.05) is 0 Å². The fourth-order valence-corrected chi connectivity index (χ4v) is 0. The Morgan fingerprint density at radius 1 is 1.17 bits per heavy atom. The van der Waals surface area contributed by atoms with E-state index >= 15 is 0 Å². The van der Waals surface area contributed by atoms with Gasteiger partial charge in [0.15, 0.2) is 0 Å². The van der Waals surface area contributed by atoms with Crippen molar-refractivity contribution in [3.8, 4) is 0 Å². The molecule has 0 aromatic carbocycles. The Balaban J connectivity index is 0. The summed E-state index contributed by atoms with van der Waals surface area (Å²) in [5, 5.41) is 6.25. The summed E-state index contributed by atoms with van der Waals surface area (Å²) in [6.07, 6.45) is 0. The molecule has 0 radical (unpaired) electrons. The van der Waals surface area contributed by atoms with Crippen LogP contribution in [0, 0.1) is 11.8 Å². The second-order valence-electron chi connectivity index (χ2n) is 1.50. The molecule has 0 saturated carbocycles. The van der Waals surface area contributed by atoms with Crippen LogP contribution in [0.5, 0.6) is 0 Å². The third kappa shape index (κ3) is 557. The minimum absolute atomic E-state index is 0.543. The molecule has 0 bridgehead atoms. The predicted octanol–water partition coefficient (Wildman–Crippen LogP) is 1.47. The van der Waals surface area contributed by atoms with Crippen LogP contribution in [0.2, 0.25) is 14.8 Å². The summed E-state index contributed by atoms with van der Waals surface area (Å²) in [6.45, 7) is 4.75. The molecule has 2 heteroatoms. The summed E-state index contributed by atoms with van der Waals surface area (Å²) in [5.74, 6) is 0. The van der Waals surface area contributed by atoms with E-state index in [2.05, 4.69) is 14.8 Å². The first-order valence-corrected chi connectivity index (χ1v) is 10.3. The summed E-state index contributed by atoms with van der Waals surface area (Å²) in [5.41, 5.74) is 0. The number of hydrogen-bond acceptors (Lipinski definition) is 1. The zero-order valence-electron chi connectivity index (χ0n) is 4.45. The van der Waals surface area contributed by atoms with Crippen LogP contribution in [0.1, 0.15) is 0 Å². The molecule has 34 valence electrons. The Morgan fingerprint density at radius 3 is 1.17 bits per heavy atom. The summed E-state index contributed by atoms with van der Waals surface area (Å²) in [7, 11) is 0. The van der Waals surface area contributed by atoms with Gasteiger partial charge in [-0.15, -0.1) is 0 Å². The van der Waals surface area contributed by atoms with Crippen LogP contribution >= 0.6 is 0 Å². The minimum atomic E-state index is -0.543. The molecule has 6 heavy (non-hydrogen) atoms. The molecule has 0 unspecified atom stereocenters. The van der Waals surface area contributed by atoms with Crippen LogP contribution in [0.25, 0.3) is 0 Å². The van der Waals surface area contributed by atoms with Crippen molar-refractivity contribution in [2.45, 2.75) is 14.8 Å². The predicted molar refractivity (Wildman–Crippen MR) is 28.3 cm³/mol. The topological polar surface area (TPSA) is 23.8 Å². The van der Waals surface area contributed by atoms with Crippen molar-refractivity contribution >= 4 is 19.8 Å². The summed E-state index contributed by atoms with van der Waals surface area (Å²) in [6, 6.07) is 0. The second-order valence-corrected chi connectivity index (χ2v) is 10.1. The van der Waals surface area contributed by atoms with E-state index in [-0.39, 0.29) is 0 Å². The molecule has 0 aliphatic rings. The van der Waals surface area contributed by atoms with E-state index in [0.29, 0.717) is 0 Å². The molecular formula is C4H9NSn. The Kier molecular flexibility index (Phi) is 14.3. The molecule has 0 amide bonds. The molecule has 0 heterocycles. The molecule has 0 fully saturated rings. The van der Waals surface area contributed by atoms with E-state index in [1.54, 1.807) is 0 Å². The zero-order valence-corrected chi connectivity index (χ0v) is 7.30. The molecule has 0 saturated heterocycles. The van der Waals surface area contributed by atoms with Gasteiger partial charge in [0.1, 0.15) is 0 Å². The van der Waals surface area contributed by atoms with Gasteiger partial charge in [0.2, 0.25) is 0 Å². The van der Waals surface area contributed by atoms with Crippen LogP contribution in [0.4, 0.5) is 0 Å². The number of rotatable bonds is 0. The monoisotopic (exact) mass is 191 g/mol. The zero-order chi connectivity index (χ0) is 5.58. The molecule has 0 aliphatic heterocycles. The number of nitrogens with zero attached hydrogens (tertiary/aromatic N) is 1. The van der Waals surface area contributed by atoms with Gasteiger partial charge >= 0.3 is 34.6 Å². The van der Waals surface area contributed by atoms with Gasteiger partial charge in [-0.1, -0.05) is 0 Å². The van der Waals surface area contributed by atoms with Crippen LogP contribution < -0.4 is 0 Å². The van der Waals surface area contributed by atoms with Gasteiger partial charge in [-0.25, -0.2) is 0 Å². The summed E-state index contributed by atoms with van der Waals surface area (Å²) < 4.78 is 0. The van der Waals surface area contributed by atoms with E-state index in [1.807, 2.05) is 0 Å². The molecule has 0 aliphatic carbocycles. The van der Waals surface area contributed by atoms with Crippen LogP contribution in [0.15, 0.2) is 0 Å². The number of hydrogen-bond donors (Lipinski definition) is 0. The second kappa shape index (κ2) is 8.99. The Hall–Kier alpha value is 0.289. The van der Waals surface area contributed by atoms with E-state index in [4.69, 9.17) is 11.8 Å². The molecule has 1 nitrogen and oxygen atoms in total. The van der Waals surface area contributed by atoms with Crippen molar-refractivity contribution in [2.75, 3.05) is 0 Å². The quantitative estimate of drug-likeness (QED) is 0.419. The van der Waals surface area contributed by atoms with E-state index in [1.165, 1.54) is 0 Å². The fourth-order valence-electron chi connectivity index (χ4n) is 0. The summed E-state index contributed by atoms with van der Waals surface area (Å²) in [4.78, 5) is 7.09. The van der Waals surface area contributed by atoms with Crippen molar-refractivity contribution in [3.63, 3.8) is 0 Å². The van der Waals surface area contributed by atoms with Gasteiger partial charge in [0.05, 0.1) is 0 Å². The van der Waals surface area contributed by atoms with Crippen molar-refractivity contribution in [3.05, 3.63) is 6.57 Å².